The average Bonchev–Trinajstić information content (AvgIpc) is 2.90. The van der Waals surface area contributed by atoms with Crippen LogP contribution >= 0.6 is 0 Å². The summed E-state index contributed by atoms with van der Waals surface area (Å²) in [6.45, 7) is 20.5. The minimum Gasteiger partial charge on any atom is -0.390 e. The summed E-state index contributed by atoms with van der Waals surface area (Å²) in [6.07, 6.45) is 15.8. The molecule has 7 heteroatoms. The number of aliphatic hydroxyl groups is 7. The molecule has 0 saturated carbocycles. The Bertz CT molecular complexity index is 936. The molecule has 278 valence electrons. The van der Waals surface area contributed by atoms with E-state index >= 15 is 0 Å². The van der Waals surface area contributed by atoms with Gasteiger partial charge >= 0.3 is 0 Å². The summed E-state index contributed by atoms with van der Waals surface area (Å²) in [5.74, 6) is 0. The fourth-order valence-corrected chi connectivity index (χ4v) is 6.21. The van der Waals surface area contributed by atoms with E-state index in [4.69, 9.17) is 0 Å². The van der Waals surface area contributed by atoms with Gasteiger partial charge in [0.15, 0.2) is 0 Å². The molecular formula is C40H76O7. The first-order chi connectivity index (χ1) is 21.3. The van der Waals surface area contributed by atoms with E-state index in [0.717, 1.165) is 18.4 Å². The lowest BCUT2D eigenvalue weighted by Gasteiger charge is -2.32. The lowest BCUT2D eigenvalue weighted by Crippen LogP contribution is -2.39. The number of hydrogen-bond donors (Lipinski definition) is 7. The predicted molar refractivity (Wildman–Crippen MR) is 196 cm³/mol. The van der Waals surface area contributed by atoms with Crippen molar-refractivity contribution in [2.75, 3.05) is 0 Å². The maximum Gasteiger partial charge on any atom is 0.0877 e. The molecule has 0 aliphatic rings. The third-order valence-corrected chi connectivity index (χ3v) is 10.0. The lowest BCUT2D eigenvalue weighted by atomic mass is 9.83. The van der Waals surface area contributed by atoms with Crippen LogP contribution in [0.15, 0.2) is 36.0 Å². The van der Waals surface area contributed by atoms with Crippen molar-refractivity contribution in [3.05, 3.63) is 36.0 Å². The molecule has 47 heavy (non-hydrogen) atoms. The number of rotatable bonds is 27. The van der Waals surface area contributed by atoms with Crippen molar-refractivity contribution in [3.8, 4) is 0 Å². The number of hydrogen-bond acceptors (Lipinski definition) is 7. The highest BCUT2D eigenvalue weighted by Gasteiger charge is 2.32. The van der Waals surface area contributed by atoms with Gasteiger partial charge in [0.2, 0.25) is 0 Å². The summed E-state index contributed by atoms with van der Waals surface area (Å²) in [7, 11) is 0. The smallest absolute Gasteiger partial charge is 0.0877 e. The van der Waals surface area contributed by atoms with Crippen LogP contribution in [0.3, 0.4) is 0 Å². The van der Waals surface area contributed by atoms with Crippen LogP contribution in [-0.2, 0) is 0 Å². The van der Waals surface area contributed by atoms with Crippen molar-refractivity contribution in [2.24, 2.45) is 0 Å². The Kier molecular flexibility index (Phi) is 20.1. The first-order valence-corrected chi connectivity index (χ1v) is 18.3. The average molecular weight is 669 g/mol. The molecule has 7 atom stereocenters. The molecule has 0 aliphatic carbocycles. The van der Waals surface area contributed by atoms with E-state index in [-0.39, 0.29) is 0 Å². The van der Waals surface area contributed by atoms with Gasteiger partial charge in [0.25, 0.3) is 0 Å². The van der Waals surface area contributed by atoms with Crippen molar-refractivity contribution >= 4 is 0 Å². The molecule has 0 aromatic rings. The Labute approximate surface area is 288 Å². The largest absolute Gasteiger partial charge is 0.390 e. The van der Waals surface area contributed by atoms with E-state index in [0.29, 0.717) is 103 Å². The molecular weight excluding hydrogens is 592 g/mol. The zero-order chi connectivity index (χ0) is 36.6. The van der Waals surface area contributed by atoms with Crippen molar-refractivity contribution < 1.29 is 35.7 Å². The topological polar surface area (TPSA) is 142 Å². The van der Waals surface area contributed by atoms with E-state index < -0.39 is 39.7 Å². The zero-order valence-electron chi connectivity index (χ0n) is 31.9. The van der Waals surface area contributed by atoms with E-state index in [1.165, 1.54) is 5.57 Å². The van der Waals surface area contributed by atoms with Crippen LogP contribution < -0.4 is 0 Å². The van der Waals surface area contributed by atoms with Crippen LogP contribution in [0.1, 0.15) is 178 Å². The molecule has 0 saturated heterocycles. The highest BCUT2D eigenvalue weighted by molar-refractivity contribution is 5.02. The highest BCUT2D eigenvalue weighted by Crippen LogP contribution is 2.31. The summed E-state index contributed by atoms with van der Waals surface area (Å²) >= 11 is 0. The first-order valence-electron chi connectivity index (χ1n) is 18.3. The Morgan fingerprint density at radius 1 is 0.553 bits per heavy atom. The monoisotopic (exact) mass is 669 g/mol. The Morgan fingerprint density at radius 3 is 1.30 bits per heavy atom. The summed E-state index contributed by atoms with van der Waals surface area (Å²) in [4.78, 5) is 0. The molecule has 7 nitrogen and oxygen atoms in total. The Balaban J connectivity index is 4.44. The SMILES string of the molecule is C=CC(C)(O)CC/C=C(\C)CCC(O)C(C)(O)CCCC(C)(O)CCCC(C)(O)CCCC(C)(O)CCCC(C)(O)CCC=C(C)C. The fourth-order valence-electron chi connectivity index (χ4n) is 6.21. The number of allylic oxidation sites excluding steroid dienone is 4. The molecule has 0 bridgehead atoms. The van der Waals surface area contributed by atoms with Gasteiger partial charge in [-0.1, -0.05) is 29.4 Å². The van der Waals surface area contributed by atoms with E-state index in [2.05, 4.69) is 32.6 Å². The second kappa shape index (κ2) is 20.6. The Hall–Kier alpha value is -1.06. The van der Waals surface area contributed by atoms with Gasteiger partial charge < -0.3 is 35.7 Å². The summed E-state index contributed by atoms with van der Waals surface area (Å²) in [5, 5.41) is 75.1. The van der Waals surface area contributed by atoms with Crippen LogP contribution in [0.4, 0.5) is 0 Å². The van der Waals surface area contributed by atoms with Gasteiger partial charge in [-0.3, -0.25) is 0 Å². The molecule has 0 aromatic heterocycles. The standard InChI is InChI=1S/C40H76O7/c1-11-35(5,42)22-13-19-33(4)20-21-34(41)40(10,47)31-17-30-39(9,46)29-16-28-38(8,45)27-15-26-37(7,44)25-14-24-36(6,43)23-12-18-32(2)3/h11,18-19,34,41-47H,1,12-17,20-31H2,2-10H3/b33-19+. The molecule has 7 unspecified atom stereocenters. The van der Waals surface area contributed by atoms with Crippen molar-refractivity contribution in [1.29, 1.82) is 0 Å². The predicted octanol–water partition coefficient (Wildman–Crippen LogP) is 7.97. The van der Waals surface area contributed by atoms with E-state index in [9.17, 15) is 35.7 Å². The van der Waals surface area contributed by atoms with Crippen LogP contribution in [0.5, 0.6) is 0 Å². The van der Waals surface area contributed by atoms with Gasteiger partial charge in [-0.2, -0.15) is 0 Å². The molecule has 0 fully saturated rings. The molecule has 0 aromatic carbocycles. The minimum absolute atomic E-state index is 0.375. The second-order valence-corrected chi connectivity index (χ2v) is 16.8. The molecule has 0 radical (unpaired) electrons. The molecule has 0 aliphatic heterocycles. The summed E-state index contributed by atoms with van der Waals surface area (Å²) in [6, 6.07) is 0. The first kappa shape index (κ1) is 45.9. The van der Waals surface area contributed by atoms with Gasteiger partial charge in [0.05, 0.1) is 39.7 Å². The molecule has 0 amide bonds. The maximum absolute atomic E-state index is 11.0. The van der Waals surface area contributed by atoms with Crippen LogP contribution in [0, 0.1) is 0 Å². The molecule has 0 heterocycles. The summed E-state index contributed by atoms with van der Waals surface area (Å²) < 4.78 is 0. The molecule has 7 N–H and O–H groups in total. The van der Waals surface area contributed by atoms with Crippen molar-refractivity contribution in [1.82, 2.24) is 0 Å². The second-order valence-electron chi connectivity index (χ2n) is 16.8. The Morgan fingerprint density at radius 2 is 0.915 bits per heavy atom. The normalized spacial score (nSPS) is 20.9. The molecule has 0 spiro atoms. The van der Waals surface area contributed by atoms with Crippen molar-refractivity contribution in [3.63, 3.8) is 0 Å². The van der Waals surface area contributed by atoms with Gasteiger partial charge in [0, 0.05) is 0 Å². The summed E-state index contributed by atoms with van der Waals surface area (Å²) in [5.41, 5.74) is -3.17. The minimum atomic E-state index is -1.25. The number of aliphatic hydroxyl groups excluding tert-OH is 1. The highest BCUT2D eigenvalue weighted by atomic mass is 16.3. The maximum atomic E-state index is 11.0. The lowest BCUT2D eigenvalue weighted by molar-refractivity contribution is -0.0746. The van der Waals surface area contributed by atoms with Gasteiger partial charge in [-0.25, -0.2) is 0 Å². The van der Waals surface area contributed by atoms with Gasteiger partial charge in [0.1, 0.15) is 0 Å². The van der Waals surface area contributed by atoms with Gasteiger partial charge in [-0.05, 0) is 178 Å². The van der Waals surface area contributed by atoms with E-state index in [1.54, 1.807) is 26.8 Å². The van der Waals surface area contributed by atoms with Gasteiger partial charge in [-0.15, -0.1) is 6.58 Å². The molecule has 0 rings (SSSR count). The van der Waals surface area contributed by atoms with E-state index in [1.807, 2.05) is 27.7 Å². The third-order valence-electron chi connectivity index (χ3n) is 10.0. The van der Waals surface area contributed by atoms with Crippen LogP contribution in [-0.4, -0.2) is 75.5 Å². The van der Waals surface area contributed by atoms with Crippen LogP contribution in [0.2, 0.25) is 0 Å². The van der Waals surface area contributed by atoms with Crippen LogP contribution in [0.25, 0.3) is 0 Å². The van der Waals surface area contributed by atoms with Crippen molar-refractivity contribution in [2.45, 2.75) is 218 Å². The fraction of sp³-hybridized carbons (Fsp3) is 0.850. The zero-order valence-corrected chi connectivity index (χ0v) is 31.9. The quantitative estimate of drug-likeness (QED) is 0.0440. The third kappa shape index (κ3) is 23.9.